The van der Waals surface area contributed by atoms with E-state index in [1.54, 1.807) is 4.90 Å². The van der Waals surface area contributed by atoms with Gasteiger partial charge < -0.3 is 15.3 Å². The molecule has 4 heteroatoms. The number of aliphatic hydroxyl groups excluding tert-OH is 1. The van der Waals surface area contributed by atoms with Gasteiger partial charge in [-0.25, -0.2) is 0 Å². The fourth-order valence-electron chi connectivity index (χ4n) is 0.613. The zero-order valence-corrected chi connectivity index (χ0v) is 8.45. The van der Waals surface area contributed by atoms with Crippen LogP contribution in [0, 0.1) is 0 Å². The van der Waals surface area contributed by atoms with Crippen LogP contribution >= 0.6 is 12.2 Å². The lowest BCUT2D eigenvalue weighted by molar-refractivity contribution is 0.263. The van der Waals surface area contributed by atoms with Gasteiger partial charge in [-0.1, -0.05) is 12.2 Å². The Labute approximate surface area is 79.1 Å². The van der Waals surface area contributed by atoms with Crippen LogP contribution in [0.2, 0.25) is 0 Å². The average molecular weight is 188 g/mol. The zero-order chi connectivity index (χ0) is 9.56. The van der Waals surface area contributed by atoms with E-state index in [1.807, 2.05) is 14.0 Å². The highest BCUT2D eigenvalue weighted by molar-refractivity contribution is 7.80. The van der Waals surface area contributed by atoms with Crippen molar-refractivity contribution in [2.24, 2.45) is 0 Å². The average Bonchev–Trinajstić information content (AvgIpc) is 2.00. The number of hydrogen-bond acceptors (Lipinski definition) is 2. The number of aliphatic hydroxyl groups is 1. The summed E-state index contributed by atoms with van der Waals surface area (Å²) in [4.78, 5) is 1.79. The molecule has 0 rings (SSSR count). The van der Waals surface area contributed by atoms with Gasteiger partial charge in [-0.2, -0.15) is 0 Å². The lowest BCUT2D eigenvalue weighted by Gasteiger charge is -2.19. The molecule has 12 heavy (non-hydrogen) atoms. The number of rotatable bonds is 4. The molecule has 0 unspecified atom stereocenters. The van der Waals surface area contributed by atoms with E-state index in [0.717, 1.165) is 5.57 Å². The largest absolute Gasteiger partial charge is 0.395 e. The summed E-state index contributed by atoms with van der Waals surface area (Å²) < 4.78 is 0. The van der Waals surface area contributed by atoms with E-state index in [0.29, 0.717) is 18.2 Å². The summed E-state index contributed by atoms with van der Waals surface area (Å²) in [6, 6.07) is 0. The van der Waals surface area contributed by atoms with Crippen molar-refractivity contribution >= 4 is 17.3 Å². The van der Waals surface area contributed by atoms with Crippen molar-refractivity contribution in [3.05, 3.63) is 12.2 Å². The Kier molecular flexibility index (Phi) is 5.66. The molecule has 0 aliphatic carbocycles. The quantitative estimate of drug-likeness (QED) is 0.493. The van der Waals surface area contributed by atoms with Crippen molar-refractivity contribution in [3.8, 4) is 0 Å². The van der Waals surface area contributed by atoms with Gasteiger partial charge in [0, 0.05) is 20.1 Å². The number of nitrogens with zero attached hydrogens (tertiary/aromatic N) is 1. The molecule has 0 bridgehead atoms. The minimum absolute atomic E-state index is 0.116. The fraction of sp³-hybridized carbons (Fsp3) is 0.625. The molecule has 0 radical (unpaired) electrons. The highest BCUT2D eigenvalue weighted by Gasteiger charge is 2.00. The minimum Gasteiger partial charge on any atom is -0.395 e. The SMILES string of the molecule is C=C(C)CNC(=S)N(C)CCO. The molecule has 3 nitrogen and oxygen atoms in total. The topological polar surface area (TPSA) is 35.5 Å². The molecule has 0 amide bonds. The molecular weight excluding hydrogens is 172 g/mol. The van der Waals surface area contributed by atoms with E-state index < -0.39 is 0 Å². The maximum atomic E-state index is 8.62. The molecule has 0 atom stereocenters. The Bertz CT molecular complexity index is 170. The van der Waals surface area contributed by atoms with E-state index in [2.05, 4.69) is 11.9 Å². The lowest BCUT2D eigenvalue weighted by Crippen LogP contribution is -2.39. The van der Waals surface area contributed by atoms with Gasteiger partial charge in [0.1, 0.15) is 0 Å². The Hall–Kier alpha value is -0.610. The van der Waals surface area contributed by atoms with Gasteiger partial charge in [-0.3, -0.25) is 0 Å². The van der Waals surface area contributed by atoms with E-state index in [-0.39, 0.29) is 6.61 Å². The van der Waals surface area contributed by atoms with Crippen LogP contribution in [0.3, 0.4) is 0 Å². The summed E-state index contributed by atoms with van der Waals surface area (Å²) in [5, 5.41) is 12.3. The second-order valence-electron chi connectivity index (χ2n) is 2.76. The summed E-state index contributed by atoms with van der Waals surface area (Å²) in [5.41, 5.74) is 1.04. The molecule has 0 fully saturated rings. The molecule has 0 saturated carbocycles. The summed E-state index contributed by atoms with van der Waals surface area (Å²) in [6.45, 7) is 7.04. The smallest absolute Gasteiger partial charge is 0.169 e. The number of thiocarbonyl (C=S) groups is 1. The molecule has 0 aromatic rings. The molecule has 0 aromatic carbocycles. The molecule has 0 heterocycles. The van der Waals surface area contributed by atoms with Crippen LogP contribution in [0.1, 0.15) is 6.92 Å². The van der Waals surface area contributed by atoms with Crippen molar-refractivity contribution in [2.75, 3.05) is 26.7 Å². The monoisotopic (exact) mass is 188 g/mol. The van der Waals surface area contributed by atoms with Crippen LogP contribution < -0.4 is 5.32 Å². The van der Waals surface area contributed by atoms with Crippen molar-refractivity contribution in [1.29, 1.82) is 0 Å². The number of hydrogen-bond donors (Lipinski definition) is 2. The Balaban J connectivity index is 3.64. The third kappa shape index (κ3) is 5.09. The Morgan fingerprint density at radius 2 is 2.25 bits per heavy atom. The summed E-state index contributed by atoms with van der Waals surface area (Å²) in [7, 11) is 1.84. The predicted octanol–water partition coefficient (Wildman–Crippen LogP) is 0.361. The third-order valence-electron chi connectivity index (χ3n) is 1.32. The maximum absolute atomic E-state index is 8.62. The highest BCUT2D eigenvalue weighted by Crippen LogP contribution is 1.87. The van der Waals surface area contributed by atoms with Gasteiger partial charge >= 0.3 is 0 Å². The fourth-order valence-corrected chi connectivity index (χ4v) is 0.776. The maximum Gasteiger partial charge on any atom is 0.169 e. The highest BCUT2D eigenvalue weighted by atomic mass is 32.1. The Morgan fingerprint density at radius 3 is 2.67 bits per heavy atom. The van der Waals surface area contributed by atoms with Crippen molar-refractivity contribution in [1.82, 2.24) is 10.2 Å². The van der Waals surface area contributed by atoms with Gasteiger partial charge in [0.15, 0.2) is 5.11 Å². The van der Waals surface area contributed by atoms with Gasteiger partial charge in [0.25, 0.3) is 0 Å². The molecule has 0 aromatic heterocycles. The molecule has 0 aliphatic heterocycles. The van der Waals surface area contributed by atoms with E-state index in [9.17, 15) is 0 Å². The second kappa shape index (κ2) is 5.97. The predicted molar refractivity (Wildman–Crippen MR) is 55.1 cm³/mol. The van der Waals surface area contributed by atoms with Crippen LogP contribution in [0.4, 0.5) is 0 Å². The first-order chi connectivity index (χ1) is 5.57. The van der Waals surface area contributed by atoms with Gasteiger partial charge in [0.2, 0.25) is 0 Å². The molecule has 0 spiro atoms. The van der Waals surface area contributed by atoms with Crippen LogP contribution in [0.15, 0.2) is 12.2 Å². The third-order valence-corrected chi connectivity index (χ3v) is 1.78. The zero-order valence-electron chi connectivity index (χ0n) is 7.63. The molecule has 70 valence electrons. The molecule has 0 saturated heterocycles. The number of likely N-dealkylation sites (N-methyl/N-ethyl adjacent to an activating group) is 1. The van der Waals surface area contributed by atoms with E-state index >= 15 is 0 Å². The summed E-state index contributed by atoms with van der Waals surface area (Å²) in [5.74, 6) is 0. The van der Waals surface area contributed by atoms with Crippen LogP contribution in [-0.2, 0) is 0 Å². The Morgan fingerprint density at radius 1 is 1.67 bits per heavy atom. The first-order valence-corrected chi connectivity index (χ1v) is 4.23. The molecule has 2 N–H and O–H groups in total. The summed E-state index contributed by atoms with van der Waals surface area (Å²) in [6.07, 6.45) is 0. The van der Waals surface area contributed by atoms with Crippen molar-refractivity contribution < 1.29 is 5.11 Å². The van der Waals surface area contributed by atoms with Crippen LogP contribution in [0.5, 0.6) is 0 Å². The van der Waals surface area contributed by atoms with E-state index in [4.69, 9.17) is 17.3 Å². The number of nitrogens with one attached hydrogen (secondary N) is 1. The van der Waals surface area contributed by atoms with Crippen molar-refractivity contribution in [3.63, 3.8) is 0 Å². The van der Waals surface area contributed by atoms with Gasteiger partial charge in [0.05, 0.1) is 6.61 Å². The molecule has 0 aliphatic rings. The first-order valence-electron chi connectivity index (χ1n) is 3.82. The van der Waals surface area contributed by atoms with Crippen LogP contribution in [0.25, 0.3) is 0 Å². The lowest BCUT2D eigenvalue weighted by atomic mass is 10.3. The van der Waals surface area contributed by atoms with Gasteiger partial charge in [-0.15, -0.1) is 0 Å². The summed E-state index contributed by atoms with van der Waals surface area (Å²) >= 11 is 5.02. The van der Waals surface area contributed by atoms with Crippen LogP contribution in [-0.4, -0.2) is 41.9 Å². The van der Waals surface area contributed by atoms with Crippen molar-refractivity contribution in [2.45, 2.75) is 6.92 Å². The normalized spacial score (nSPS) is 9.25. The minimum atomic E-state index is 0.116. The molecular formula is C8H16N2OS. The van der Waals surface area contributed by atoms with E-state index in [1.165, 1.54) is 0 Å². The first kappa shape index (κ1) is 11.4. The standard InChI is InChI=1S/C8H16N2OS/c1-7(2)6-9-8(12)10(3)4-5-11/h11H,1,4-6H2,2-3H3,(H,9,12). The van der Waals surface area contributed by atoms with Gasteiger partial charge in [-0.05, 0) is 19.1 Å². The second-order valence-corrected chi connectivity index (χ2v) is 3.15.